The molecule has 0 bridgehead atoms. The Morgan fingerprint density at radius 2 is 2.00 bits per heavy atom. The van der Waals surface area contributed by atoms with Gasteiger partial charge in [0.1, 0.15) is 0 Å². The van der Waals surface area contributed by atoms with E-state index in [-0.39, 0.29) is 12.5 Å². The summed E-state index contributed by atoms with van der Waals surface area (Å²) in [7, 11) is 1.97. The molecular weight excluding hydrogens is 220 g/mol. The van der Waals surface area contributed by atoms with Crippen LogP contribution < -0.4 is 16.4 Å². The van der Waals surface area contributed by atoms with Crippen molar-refractivity contribution in [1.29, 1.82) is 0 Å². The molecule has 1 heterocycles. The summed E-state index contributed by atoms with van der Waals surface area (Å²) in [6.45, 7) is 4.22. The van der Waals surface area contributed by atoms with Crippen LogP contribution in [-0.2, 0) is 4.79 Å². The summed E-state index contributed by atoms with van der Waals surface area (Å²) in [5, 5.41) is 5.34. The molecule has 1 aliphatic rings. The standard InChI is InChI=1S/C11H22N4O2/c1-8(13-2)9-3-5-15(6-4-9)7-10(16)14-11(12)17/h8-9,13H,3-7H2,1-2H3,(H3,12,14,16,17). The third-order valence-electron chi connectivity index (χ3n) is 3.42. The van der Waals surface area contributed by atoms with Gasteiger partial charge in [0.15, 0.2) is 0 Å². The van der Waals surface area contributed by atoms with E-state index in [0.717, 1.165) is 25.9 Å². The number of rotatable bonds is 4. The minimum absolute atomic E-state index is 0.254. The lowest BCUT2D eigenvalue weighted by Gasteiger charge is -2.34. The van der Waals surface area contributed by atoms with Gasteiger partial charge in [0, 0.05) is 6.04 Å². The SMILES string of the molecule is CNC(C)C1CCN(CC(=O)NC(N)=O)CC1. The van der Waals surface area contributed by atoms with Crippen LogP contribution in [0.15, 0.2) is 0 Å². The fourth-order valence-corrected chi connectivity index (χ4v) is 2.23. The number of carbonyl (C=O) groups is 2. The summed E-state index contributed by atoms with van der Waals surface area (Å²) in [5.74, 6) is 0.341. The smallest absolute Gasteiger partial charge is 0.318 e. The topological polar surface area (TPSA) is 87.5 Å². The molecule has 4 N–H and O–H groups in total. The molecule has 1 unspecified atom stereocenters. The van der Waals surface area contributed by atoms with Crippen LogP contribution in [0.5, 0.6) is 0 Å². The highest BCUT2D eigenvalue weighted by Crippen LogP contribution is 2.19. The number of nitrogens with two attached hydrogens (primary N) is 1. The van der Waals surface area contributed by atoms with Crippen LogP contribution in [0.3, 0.4) is 0 Å². The Morgan fingerprint density at radius 1 is 1.41 bits per heavy atom. The second kappa shape index (κ2) is 6.56. The summed E-state index contributed by atoms with van der Waals surface area (Å²) >= 11 is 0. The van der Waals surface area contributed by atoms with Crippen molar-refractivity contribution in [3.05, 3.63) is 0 Å². The summed E-state index contributed by atoms with van der Waals surface area (Å²) in [4.78, 5) is 23.9. The zero-order valence-corrected chi connectivity index (χ0v) is 10.5. The summed E-state index contributed by atoms with van der Waals surface area (Å²) in [5.41, 5.74) is 4.88. The molecule has 6 nitrogen and oxygen atoms in total. The van der Waals surface area contributed by atoms with Crippen molar-refractivity contribution in [2.24, 2.45) is 11.7 Å². The Morgan fingerprint density at radius 3 is 2.47 bits per heavy atom. The van der Waals surface area contributed by atoms with Crippen LogP contribution in [0.1, 0.15) is 19.8 Å². The second-order valence-electron chi connectivity index (χ2n) is 4.60. The number of nitrogens with zero attached hydrogens (tertiary/aromatic N) is 1. The molecule has 0 spiro atoms. The van der Waals surface area contributed by atoms with Gasteiger partial charge in [0.2, 0.25) is 5.91 Å². The largest absolute Gasteiger partial charge is 0.351 e. The van der Waals surface area contributed by atoms with Crippen molar-refractivity contribution in [2.75, 3.05) is 26.7 Å². The first-order valence-corrected chi connectivity index (χ1v) is 6.02. The van der Waals surface area contributed by atoms with Crippen LogP contribution in [0, 0.1) is 5.92 Å². The van der Waals surface area contributed by atoms with Gasteiger partial charge in [0.05, 0.1) is 6.54 Å². The Kier molecular flexibility index (Phi) is 5.37. The maximum Gasteiger partial charge on any atom is 0.318 e. The lowest BCUT2D eigenvalue weighted by Crippen LogP contribution is -2.46. The molecule has 0 aliphatic carbocycles. The molecule has 17 heavy (non-hydrogen) atoms. The van der Waals surface area contributed by atoms with E-state index in [2.05, 4.69) is 22.5 Å². The van der Waals surface area contributed by atoms with Gasteiger partial charge in [-0.3, -0.25) is 15.0 Å². The zero-order valence-electron chi connectivity index (χ0n) is 10.5. The van der Waals surface area contributed by atoms with Gasteiger partial charge in [0.25, 0.3) is 0 Å². The van der Waals surface area contributed by atoms with Crippen LogP contribution in [0.25, 0.3) is 0 Å². The number of primary amides is 1. The zero-order chi connectivity index (χ0) is 12.8. The highest BCUT2D eigenvalue weighted by molar-refractivity contribution is 5.94. The molecule has 3 amide bonds. The maximum atomic E-state index is 11.3. The van der Waals surface area contributed by atoms with E-state index < -0.39 is 6.03 Å². The second-order valence-corrected chi connectivity index (χ2v) is 4.60. The van der Waals surface area contributed by atoms with E-state index >= 15 is 0 Å². The van der Waals surface area contributed by atoms with Crippen molar-refractivity contribution in [1.82, 2.24) is 15.5 Å². The first-order valence-electron chi connectivity index (χ1n) is 6.02. The molecule has 0 aromatic heterocycles. The Bertz CT molecular complexity index is 275. The van der Waals surface area contributed by atoms with Gasteiger partial charge >= 0.3 is 6.03 Å². The van der Waals surface area contributed by atoms with Gasteiger partial charge in [-0.1, -0.05) is 0 Å². The lowest BCUT2D eigenvalue weighted by atomic mass is 9.90. The molecule has 1 aliphatic heterocycles. The van der Waals surface area contributed by atoms with Gasteiger partial charge < -0.3 is 11.1 Å². The number of likely N-dealkylation sites (tertiary alicyclic amines) is 1. The normalized spacial score (nSPS) is 19.9. The average molecular weight is 242 g/mol. The first kappa shape index (κ1) is 13.9. The van der Waals surface area contributed by atoms with Crippen molar-refractivity contribution >= 4 is 11.9 Å². The van der Waals surface area contributed by atoms with Crippen molar-refractivity contribution in [3.8, 4) is 0 Å². The molecule has 6 heteroatoms. The van der Waals surface area contributed by atoms with Gasteiger partial charge in [-0.2, -0.15) is 0 Å². The quantitative estimate of drug-likeness (QED) is 0.620. The molecule has 0 radical (unpaired) electrons. The highest BCUT2D eigenvalue weighted by Gasteiger charge is 2.24. The lowest BCUT2D eigenvalue weighted by molar-refractivity contribution is -0.121. The summed E-state index contributed by atoms with van der Waals surface area (Å²) in [6.07, 6.45) is 2.15. The summed E-state index contributed by atoms with van der Waals surface area (Å²) < 4.78 is 0. The summed E-state index contributed by atoms with van der Waals surface area (Å²) in [6, 6.07) is -0.273. The van der Waals surface area contributed by atoms with Crippen LogP contribution in [0.4, 0.5) is 4.79 Å². The predicted molar refractivity (Wildman–Crippen MR) is 65.4 cm³/mol. The molecule has 0 aromatic carbocycles. The Labute approximate surface area is 102 Å². The number of nitrogens with one attached hydrogen (secondary N) is 2. The third-order valence-corrected chi connectivity index (χ3v) is 3.42. The van der Waals surface area contributed by atoms with E-state index in [1.807, 2.05) is 7.05 Å². The van der Waals surface area contributed by atoms with Crippen molar-refractivity contribution in [2.45, 2.75) is 25.8 Å². The van der Waals surface area contributed by atoms with Gasteiger partial charge in [-0.25, -0.2) is 4.79 Å². The van der Waals surface area contributed by atoms with Crippen LogP contribution >= 0.6 is 0 Å². The molecule has 0 saturated carbocycles. The average Bonchev–Trinajstić information content (AvgIpc) is 2.28. The number of imide groups is 1. The first-order chi connectivity index (χ1) is 8.02. The molecule has 1 fully saturated rings. The maximum absolute atomic E-state index is 11.3. The highest BCUT2D eigenvalue weighted by atomic mass is 16.2. The monoisotopic (exact) mass is 242 g/mol. The van der Waals surface area contributed by atoms with E-state index in [1.165, 1.54) is 0 Å². The number of amides is 3. The third kappa shape index (κ3) is 4.70. The number of carbonyl (C=O) groups excluding carboxylic acids is 2. The van der Waals surface area contributed by atoms with E-state index in [0.29, 0.717) is 12.0 Å². The van der Waals surface area contributed by atoms with Gasteiger partial charge in [-0.05, 0) is 45.8 Å². The molecule has 98 valence electrons. The number of hydrogen-bond acceptors (Lipinski definition) is 4. The molecule has 1 saturated heterocycles. The Hall–Kier alpha value is -1.14. The minimum Gasteiger partial charge on any atom is -0.351 e. The van der Waals surface area contributed by atoms with Crippen molar-refractivity contribution < 1.29 is 9.59 Å². The Balaban J connectivity index is 2.27. The fraction of sp³-hybridized carbons (Fsp3) is 0.818. The number of hydrogen-bond donors (Lipinski definition) is 3. The minimum atomic E-state index is -0.784. The molecule has 1 atom stereocenters. The molecule has 1 rings (SSSR count). The molecule has 0 aromatic rings. The van der Waals surface area contributed by atoms with Crippen molar-refractivity contribution in [3.63, 3.8) is 0 Å². The number of urea groups is 1. The van der Waals surface area contributed by atoms with Gasteiger partial charge in [-0.15, -0.1) is 0 Å². The predicted octanol–water partition coefficient (Wildman–Crippen LogP) is -0.499. The van der Waals surface area contributed by atoms with E-state index in [4.69, 9.17) is 5.73 Å². The van der Waals surface area contributed by atoms with E-state index in [1.54, 1.807) is 0 Å². The fourth-order valence-electron chi connectivity index (χ4n) is 2.23. The van der Waals surface area contributed by atoms with Crippen LogP contribution in [-0.4, -0.2) is 49.6 Å². The van der Waals surface area contributed by atoms with E-state index in [9.17, 15) is 9.59 Å². The van der Waals surface area contributed by atoms with Crippen LogP contribution in [0.2, 0.25) is 0 Å². The number of piperidine rings is 1. The molecular formula is C11H22N4O2.